The fourth-order valence-electron chi connectivity index (χ4n) is 1.71. The summed E-state index contributed by atoms with van der Waals surface area (Å²) >= 11 is 1.71. The molecule has 0 bridgehead atoms. The zero-order valence-corrected chi connectivity index (χ0v) is 11.6. The third-order valence-corrected chi connectivity index (χ3v) is 3.49. The number of rotatable bonds is 10. The molecule has 0 spiro atoms. The van der Waals surface area contributed by atoms with Crippen molar-refractivity contribution in [3.05, 3.63) is 0 Å². The van der Waals surface area contributed by atoms with Crippen molar-refractivity contribution in [3.63, 3.8) is 0 Å². The zero-order valence-electron chi connectivity index (χ0n) is 10.8. The van der Waals surface area contributed by atoms with Gasteiger partial charge in [0, 0.05) is 25.4 Å². The van der Waals surface area contributed by atoms with Gasteiger partial charge in [-0.3, -0.25) is 0 Å². The maximum absolute atomic E-state index is 9.66. The van der Waals surface area contributed by atoms with Crippen LogP contribution in [0.4, 0.5) is 0 Å². The quantitative estimate of drug-likeness (QED) is 0.448. The summed E-state index contributed by atoms with van der Waals surface area (Å²) < 4.78 is 10.9. The summed E-state index contributed by atoms with van der Waals surface area (Å²) in [5, 5.41) is 12.8. The molecular weight excluding hydrogens is 250 g/mol. The van der Waals surface area contributed by atoms with E-state index in [0.717, 1.165) is 37.5 Å². The molecule has 0 aromatic heterocycles. The predicted octanol–water partition coefficient (Wildman–Crippen LogP) is 0.499. The summed E-state index contributed by atoms with van der Waals surface area (Å²) in [5.74, 6) is 4.29. The highest BCUT2D eigenvalue weighted by atomic mass is 32.2. The molecule has 1 saturated heterocycles. The Morgan fingerprint density at radius 2 is 2.50 bits per heavy atom. The van der Waals surface area contributed by atoms with E-state index in [1.54, 1.807) is 11.8 Å². The van der Waals surface area contributed by atoms with Crippen molar-refractivity contribution in [2.24, 2.45) is 0 Å². The summed E-state index contributed by atoms with van der Waals surface area (Å²) in [6.07, 6.45) is 7.10. The lowest BCUT2D eigenvalue weighted by Crippen LogP contribution is -2.32. The van der Waals surface area contributed by atoms with E-state index in [2.05, 4.69) is 11.2 Å². The minimum atomic E-state index is -0.455. The number of thioether (sulfide) groups is 1. The van der Waals surface area contributed by atoms with E-state index in [9.17, 15) is 5.11 Å². The van der Waals surface area contributed by atoms with Gasteiger partial charge in [-0.1, -0.05) is 5.92 Å². The first-order valence-electron chi connectivity index (χ1n) is 6.42. The number of terminal acetylenes is 1. The Morgan fingerprint density at radius 3 is 3.22 bits per heavy atom. The summed E-state index contributed by atoms with van der Waals surface area (Å²) in [6.45, 7) is 3.21. The highest BCUT2D eigenvalue weighted by molar-refractivity contribution is 7.99. The summed E-state index contributed by atoms with van der Waals surface area (Å²) in [4.78, 5) is 0. The third-order valence-electron chi connectivity index (χ3n) is 2.63. The molecule has 0 saturated carbocycles. The zero-order chi connectivity index (χ0) is 13.1. The number of aliphatic hydroxyl groups excluding tert-OH is 1. The van der Waals surface area contributed by atoms with Crippen molar-refractivity contribution in [1.29, 1.82) is 0 Å². The molecule has 5 heteroatoms. The second-order valence-electron chi connectivity index (χ2n) is 4.29. The molecule has 0 aromatic rings. The average Bonchev–Trinajstić information content (AvgIpc) is 2.87. The van der Waals surface area contributed by atoms with Crippen molar-refractivity contribution in [1.82, 2.24) is 5.32 Å². The molecule has 0 radical (unpaired) electrons. The molecule has 4 nitrogen and oxygen atoms in total. The molecule has 2 atom stereocenters. The van der Waals surface area contributed by atoms with Gasteiger partial charge in [0.1, 0.15) is 0 Å². The molecule has 18 heavy (non-hydrogen) atoms. The molecule has 2 unspecified atom stereocenters. The van der Waals surface area contributed by atoms with Crippen molar-refractivity contribution < 1.29 is 14.6 Å². The molecule has 104 valence electrons. The normalized spacial score (nSPS) is 20.8. The van der Waals surface area contributed by atoms with E-state index in [-0.39, 0.29) is 6.10 Å². The highest BCUT2D eigenvalue weighted by Gasteiger charge is 2.15. The molecule has 1 aliphatic rings. The third kappa shape index (κ3) is 7.96. The molecule has 2 N–H and O–H groups in total. The minimum absolute atomic E-state index is 0.227. The first-order valence-corrected chi connectivity index (χ1v) is 7.57. The summed E-state index contributed by atoms with van der Waals surface area (Å²) in [6, 6.07) is 0. The van der Waals surface area contributed by atoms with Gasteiger partial charge < -0.3 is 19.9 Å². The van der Waals surface area contributed by atoms with Crippen LogP contribution in [0.2, 0.25) is 0 Å². The number of ether oxygens (including phenoxy) is 2. The van der Waals surface area contributed by atoms with E-state index < -0.39 is 6.10 Å². The Balaban J connectivity index is 1.84. The Kier molecular flexibility index (Phi) is 9.35. The maximum atomic E-state index is 9.66. The summed E-state index contributed by atoms with van der Waals surface area (Å²) in [5.41, 5.74) is 0. The number of aliphatic hydroxyl groups is 1. The van der Waals surface area contributed by atoms with Crippen LogP contribution >= 0.6 is 11.8 Å². The standard InChI is InChI=1S/C13H23NO3S/c1-2-7-18-8-5-14-9-12(15)10-16-11-13-4-3-6-17-13/h1,12-15H,3-11H2. The van der Waals surface area contributed by atoms with Crippen LogP contribution in [-0.2, 0) is 9.47 Å². The molecule has 1 aliphatic heterocycles. The molecular formula is C13H23NO3S. The molecule has 1 fully saturated rings. The van der Waals surface area contributed by atoms with Crippen LogP contribution in [0.15, 0.2) is 0 Å². The monoisotopic (exact) mass is 273 g/mol. The van der Waals surface area contributed by atoms with Crippen LogP contribution in [0.25, 0.3) is 0 Å². The minimum Gasteiger partial charge on any atom is -0.389 e. The van der Waals surface area contributed by atoms with Crippen LogP contribution in [0.3, 0.4) is 0 Å². The summed E-state index contributed by atoms with van der Waals surface area (Å²) in [7, 11) is 0. The Bertz CT molecular complexity index is 239. The van der Waals surface area contributed by atoms with Gasteiger partial charge >= 0.3 is 0 Å². The van der Waals surface area contributed by atoms with Crippen LogP contribution in [-0.4, -0.2) is 61.7 Å². The first kappa shape index (κ1) is 15.8. The van der Waals surface area contributed by atoms with Gasteiger partial charge in [0.2, 0.25) is 0 Å². The van der Waals surface area contributed by atoms with E-state index in [1.165, 1.54) is 0 Å². The van der Waals surface area contributed by atoms with Crippen molar-refractivity contribution in [2.45, 2.75) is 25.0 Å². The van der Waals surface area contributed by atoms with E-state index >= 15 is 0 Å². The second kappa shape index (κ2) is 10.7. The molecule has 0 aliphatic carbocycles. The topological polar surface area (TPSA) is 50.7 Å². The maximum Gasteiger partial charge on any atom is 0.0897 e. The van der Waals surface area contributed by atoms with Gasteiger partial charge in [0.25, 0.3) is 0 Å². The lowest BCUT2D eigenvalue weighted by atomic mass is 10.2. The van der Waals surface area contributed by atoms with Crippen LogP contribution in [0.1, 0.15) is 12.8 Å². The number of nitrogens with one attached hydrogen (secondary N) is 1. The van der Waals surface area contributed by atoms with Crippen LogP contribution in [0.5, 0.6) is 0 Å². The van der Waals surface area contributed by atoms with Gasteiger partial charge in [0.05, 0.1) is 31.2 Å². The van der Waals surface area contributed by atoms with Crippen molar-refractivity contribution >= 4 is 11.8 Å². The smallest absolute Gasteiger partial charge is 0.0897 e. The lowest BCUT2D eigenvalue weighted by molar-refractivity contribution is -0.0162. The largest absolute Gasteiger partial charge is 0.389 e. The van der Waals surface area contributed by atoms with Gasteiger partial charge in [-0.25, -0.2) is 0 Å². The highest BCUT2D eigenvalue weighted by Crippen LogP contribution is 2.11. The Morgan fingerprint density at radius 1 is 1.61 bits per heavy atom. The van der Waals surface area contributed by atoms with Crippen LogP contribution < -0.4 is 5.32 Å². The number of hydrogen-bond acceptors (Lipinski definition) is 5. The number of hydrogen-bond donors (Lipinski definition) is 2. The second-order valence-corrected chi connectivity index (χ2v) is 5.39. The van der Waals surface area contributed by atoms with Crippen LogP contribution in [0, 0.1) is 12.3 Å². The molecule has 1 rings (SSSR count). The molecule has 0 amide bonds. The van der Waals surface area contributed by atoms with E-state index in [4.69, 9.17) is 15.9 Å². The van der Waals surface area contributed by atoms with E-state index in [0.29, 0.717) is 19.8 Å². The fraction of sp³-hybridized carbons (Fsp3) is 0.846. The lowest BCUT2D eigenvalue weighted by Gasteiger charge is -2.14. The van der Waals surface area contributed by atoms with Crippen molar-refractivity contribution in [3.8, 4) is 12.3 Å². The first-order chi connectivity index (χ1) is 8.83. The molecule has 1 heterocycles. The Labute approximate surface area is 114 Å². The van der Waals surface area contributed by atoms with Crippen molar-refractivity contribution in [2.75, 3.05) is 44.4 Å². The van der Waals surface area contributed by atoms with Gasteiger partial charge in [-0.05, 0) is 12.8 Å². The Hall–Kier alpha value is -0.250. The van der Waals surface area contributed by atoms with Gasteiger partial charge in [0.15, 0.2) is 0 Å². The van der Waals surface area contributed by atoms with Gasteiger partial charge in [-0.2, -0.15) is 0 Å². The van der Waals surface area contributed by atoms with Gasteiger partial charge in [-0.15, -0.1) is 18.2 Å². The van der Waals surface area contributed by atoms with E-state index in [1.807, 2.05) is 0 Å². The molecule has 0 aromatic carbocycles. The average molecular weight is 273 g/mol. The fourth-order valence-corrected chi connectivity index (χ4v) is 2.27. The predicted molar refractivity (Wildman–Crippen MR) is 74.8 cm³/mol. The SMILES string of the molecule is C#CCSCCNCC(O)COCC1CCCO1.